The fraction of sp³-hybridized carbons (Fsp3) is 0.125. The van der Waals surface area contributed by atoms with Crippen LogP contribution in [0.1, 0.15) is 38.8 Å². The third kappa shape index (κ3) is 7.26. The predicted octanol–water partition coefficient (Wildman–Crippen LogP) is 8.68. The van der Waals surface area contributed by atoms with Gasteiger partial charge in [0.05, 0.1) is 10.7 Å². The van der Waals surface area contributed by atoms with E-state index in [-0.39, 0.29) is 19.0 Å². The first kappa shape index (κ1) is 29.5. The molecule has 0 radical (unpaired) electrons. The summed E-state index contributed by atoms with van der Waals surface area (Å²) in [7, 11) is 0. The van der Waals surface area contributed by atoms with Crippen LogP contribution < -0.4 is 14.9 Å². The first-order chi connectivity index (χ1) is 20.3. The van der Waals surface area contributed by atoms with Crippen molar-refractivity contribution in [2.24, 2.45) is 5.10 Å². The standard InChI is InChI=1S/C32H26BrCl2N3O4/c1-20-3-4-21(2)38(20)25-8-10-26(11-9-25)40-19-27-12-14-31(42-27)32(39)37-36-17-22-5-13-30(28(33)15-22)41-18-23-6-7-24(34)16-29(23)35/h3-17H,18-19H2,1-2H3,(H,37,39)/b36-17+. The monoisotopic (exact) mass is 665 g/mol. The SMILES string of the molecule is Cc1ccc(C)n1-c1ccc(OCc2ccc(C(=O)N/N=C/c3ccc(OCc4ccc(Cl)cc4Cl)c(Br)c3)o2)cc1. The Hall–Kier alpha value is -3.98. The number of hydrogen-bond donors (Lipinski definition) is 1. The highest BCUT2D eigenvalue weighted by Crippen LogP contribution is 2.28. The predicted molar refractivity (Wildman–Crippen MR) is 168 cm³/mol. The third-order valence-corrected chi connectivity index (χ3v) is 7.57. The Bertz CT molecular complexity index is 1730. The summed E-state index contributed by atoms with van der Waals surface area (Å²) in [5, 5.41) is 5.14. The number of ether oxygens (including phenoxy) is 2. The van der Waals surface area contributed by atoms with Gasteiger partial charge in [0, 0.05) is 32.7 Å². The highest BCUT2D eigenvalue weighted by Gasteiger charge is 2.12. The number of furan rings is 1. The number of aryl methyl sites for hydroxylation is 2. The Morgan fingerprint density at radius 2 is 1.69 bits per heavy atom. The van der Waals surface area contributed by atoms with E-state index in [2.05, 4.69) is 57.0 Å². The van der Waals surface area contributed by atoms with Crippen molar-refractivity contribution in [1.82, 2.24) is 9.99 Å². The van der Waals surface area contributed by atoms with Gasteiger partial charge in [-0.25, -0.2) is 5.43 Å². The number of benzene rings is 3. The molecule has 0 fully saturated rings. The number of nitrogens with zero attached hydrogens (tertiary/aromatic N) is 2. The Morgan fingerprint density at radius 1 is 0.929 bits per heavy atom. The van der Waals surface area contributed by atoms with Crippen molar-refractivity contribution in [3.8, 4) is 17.2 Å². The van der Waals surface area contributed by atoms with Gasteiger partial charge in [0.2, 0.25) is 0 Å². The number of hydrazone groups is 1. The summed E-state index contributed by atoms with van der Waals surface area (Å²) in [4.78, 5) is 12.5. The summed E-state index contributed by atoms with van der Waals surface area (Å²) in [5.74, 6) is 1.51. The molecule has 3 aromatic carbocycles. The van der Waals surface area contributed by atoms with E-state index in [4.69, 9.17) is 37.1 Å². The maximum atomic E-state index is 12.5. The minimum Gasteiger partial charge on any atom is -0.488 e. The van der Waals surface area contributed by atoms with Gasteiger partial charge in [0.1, 0.15) is 30.5 Å². The van der Waals surface area contributed by atoms with Crippen LogP contribution in [0, 0.1) is 13.8 Å². The summed E-state index contributed by atoms with van der Waals surface area (Å²) in [6.07, 6.45) is 1.52. The molecule has 5 rings (SSSR count). The van der Waals surface area contributed by atoms with E-state index >= 15 is 0 Å². The zero-order valence-corrected chi connectivity index (χ0v) is 25.8. The lowest BCUT2D eigenvalue weighted by Gasteiger charge is -2.10. The van der Waals surface area contributed by atoms with Gasteiger partial charge in [0.25, 0.3) is 0 Å². The average Bonchev–Trinajstić information content (AvgIpc) is 3.58. The Morgan fingerprint density at radius 3 is 2.40 bits per heavy atom. The van der Waals surface area contributed by atoms with Crippen LogP contribution in [0.15, 0.2) is 98.9 Å². The molecule has 0 bridgehead atoms. The molecule has 1 N–H and O–H groups in total. The second-order valence-electron chi connectivity index (χ2n) is 9.41. The van der Waals surface area contributed by atoms with Gasteiger partial charge < -0.3 is 18.5 Å². The highest BCUT2D eigenvalue weighted by molar-refractivity contribution is 9.10. The van der Waals surface area contributed by atoms with E-state index in [0.29, 0.717) is 27.3 Å². The van der Waals surface area contributed by atoms with Crippen LogP contribution in [0.3, 0.4) is 0 Å². The van der Waals surface area contributed by atoms with Crippen molar-refractivity contribution < 1.29 is 18.7 Å². The van der Waals surface area contributed by atoms with Gasteiger partial charge >= 0.3 is 5.91 Å². The zero-order chi connectivity index (χ0) is 29.6. The van der Waals surface area contributed by atoms with E-state index in [1.54, 1.807) is 30.3 Å². The van der Waals surface area contributed by atoms with Gasteiger partial charge in [-0.15, -0.1) is 0 Å². The summed E-state index contributed by atoms with van der Waals surface area (Å²) >= 11 is 15.7. The van der Waals surface area contributed by atoms with Crippen molar-refractivity contribution in [2.75, 3.05) is 0 Å². The number of nitrogens with one attached hydrogen (secondary N) is 1. The molecule has 1 amide bonds. The van der Waals surface area contributed by atoms with E-state index in [1.807, 2.05) is 42.5 Å². The molecular weight excluding hydrogens is 641 g/mol. The maximum absolute atomic E-state index is 12.5. The Kier molecular flexibility index (Phi) is 9.37. The van der Waals surface area contributed by atoms with Gasteiger partial charge in [-0.05, 0) is 114 Å². The van der Waals surface area contributed by atoms with Crippen LogP contribution in [-0.4, -0.2) is 16.7 Å². The summed E-state index contributed by atoms with van der Waals surface area (Å²) in [6.45, 7) is 4.61. The van der Waals surface area contributed by atoms with E-state index in [1.165, 1.54) is 17.6 Å². The van der Waals surface area contributed by atoms with Crippen LogP contribution in [0.4, 0.5) is 0 Å². The molecule has 0 aliphatic rings. The molecule has 10 heteroatoms. The molecular formula is C32H26BrCl2N3O4. The van der Waals surface area contributed by atoms with Crippen molar-refractivity contribution in [2.45, 2.75) is 27.1 Å². The lowest BCUT2D eigenvalue weighted by atomic mass is 10.2. The molecule has 0 saturated carbocycles. The van der Waals surface area contributed by atoms with Gasteiger partial charge in [-0.1, -0.05) is 29.3 Å². The number of hydrogen-bond acceptors (Lipinski definition) is 5. The molecule has 7 nitrogen and oxygen atoms in total. The molecule has 0 spiro atoms. The van der Waals surface area contributed by atoms with E-state index in [9.17, 15) is 4.79 Å². The number of amides is 1. The van der Waals surface area contributed by atoms with Crippen molar-refractivity contribution in [3.63, 3.8) is 0 Å². The molecule has 0 aliphatic heterocycles. The lowest BCUT2D eigenvalue weighted by molar-refractivity contribution is 0.0923. The molecule has 2 aromatic heterocycles. The molecule has 214 valence electrons. The summed E-state index contributed by atoms with van der Waals surface area (Å²) < 4.78 is 20.2. The minimum absolute atomic E-state index is 0.130. The zero-order valence-electron chi connectivity index (χ0n) is 22.7. The van der Waals surface area contributed by atoms with Crippen LogP contribution >= 0.6 is 39.1 Å². The first-order valence-electron chi connectivity index (χ1n) is 12.9. The molecule has 0 aliphatic carbocycles. The largest absolute Gasteiger partial charge is 0.488 e. The smallest absolute Gasteiger partial charge is 0.307 e. The number of halogens is 3. The maximum Gasteiger partial charge on any atom is 0.307 e. The molecule has 5 aromatic rings. The van der Waals surface area contributed by atoms with Crippen LogP contribution in [0.25, 0.3) is 5.69 Å². The quantitative estimate of drug-likeness (QED) is 0.120. The second-order valence-corrected chi connectivity index (χ2v) is 11.1. The average molecular weight is 667 g/mol. The number of rotatable bonds is 10. The van der Waals surface area contributed by atoms with Gasteiger partial charge in [-0.3, -0.25) is 4.79 Å². The van der Waals surface area contributed by atoms with Crippen LogP contribution in [-0.2, 0) is 13.2 Å². The van der Waals surface area contributed by atoms with E-state index in [0.717, 1.165) is 21.3 Å². The Balaban J connectivity index is 1.11. The molecule has 2 heterocycles. The normalized spacial score (nSPS) is 11.2. The fourth-order valence-electron chi connectivity index (χ4n) is 4.23. The highest BCUT2D eigenvalue weighted by atomic mass is 79.9. The van der Waals surface area contributed by atoms with E-state index < -0.39 is 5.91 Å². The molecule has 42 heavy (non-hydrogen) atoms. The molecule has 0 atom stereocenters. The van der Waals surface area contributed by atoms with Gasteiger partial charge in [-0.2, -0.15) is 5.10 Å². The Labute approximate surface area is 261 Å². The van der Waals surface area contributed by atoms with Crippen LogP contribution in [0.2, 0.25) is 10.0 Å². The number of aromatic nitrogens is 1. The van der Waals surface area contributed by atoms with Gasteiger partial charge in [0.15, 0.2) is 5.76 Å². The summed E-state index contributed by atoms with van der Waals surface area (Å²) in [6, 6.07) is 26.0. The van der Waals surface area contributed by atoms with Crippen molar-refractivity contribution in [1.29, 1.82) is 0 Å². The van der Waals surface area contributed by atoms with Crippen molar-refractivity contribution in [3.05, 3.63) is 133 Å². The summed E-state index contributed by atoms with van der Waals surface area (Å²) in [5.41, 5.74) is 7.45. The third-order valence-electron chi connectivity index (χ3n) is 6.37. The van der Waals surface area contributed by atoms with Crippen LogP contribution in [0.5, 0.6) is 11.5 Å². The topological polar surface area (TPSA) is 78.0 Å². The fourth-order valence-corrected chi connectivity index (χ4v) is 5.20. The molecule has 0 unspecified atom stereocenters. The van der Waals surface area contributed by atoms with Crippen molar-refractivity contribution >= 4 is 51.3 Å². The second kappa shape index (κ2) is 13.3. The number of carbonyl (C=O) groups excluding carboxylic acids is 1. The first-order valence-corrected chi connectivity index (χ1v) is 14.5. The minimum atomic E-state index is -0.474. The number of carbonyl (C=O) groups is 1. The molecule has 0 saturated heterocycles. The lowest BCUT2D eigenvalue weighted by Crippen LogP contribution is -2.16.